The van der Waals surface area contributed by atoms with Crippen LogP contribution in [0.2, 0.25) is 5.02 Å². The first kappa shape index (κ1) is 22.2. The maximum absolute atomic E-state index is 13.9. The number of non-ortho nitro benzene ring substituents is 1. The second kappa shape index (κ2) is 8.70. The van der Waals surface area contributed by atoms with Crippen LogP contribution in [0.3, 0.4) is 0 Å². The summed E-state index contributed by atoms with van der Waals surface area (Å²) < 4.78 is 41.6. The molecule has 0 aliphatic carbocycles. The molecule has 0 saturated carbocycles. The summed E-state index contributed by atoms with van der Waals surface area (Å²) >= 11 is 5.96. The standard InChI is InChI=1S/C20H15ClFN3O5S/c1-12-6-7-13(23-20(26)15-9-8-14(25(27)28)11-16(15)21)10-19(12)31(29,30)24-18-5-3-2-4-17(18)22/h2-11,24H,1H3,(H,23,26). The maximum Gasteiger partial charge on any atom is 0.270 e. The largest absolute Gasteiger partial charge is 0.322 e. The van der Waals surface area contributed by atoms with Crippen molar-refractivity contribution >= 4 is 44.6 Å². The van der Waals surface area contributed by atoms with Crippen LogP contribution in [0.5, 0.6) is 0 Å². The number of hydrogen-bond acceptors (Lipinski definition) is 5. The molecule has 0 bridgehead atoms. The molecule has 0 saturated heterocycles. The number of sulfonamides is 1. The van der Waals surface area contributed by atoms with Gasteiger partial charge in [-0.05, 0) is 42.8 Å². The van der Waals surface area contributed by atoms with Gasteiger partial charge in [-0.15, -0.1) is 0 Å². The summed E-state index contributed by atoms with van der Waals surface area (Å²) in [4.78, 5) is 22.5. The molecular weight excluding hydrogens is 449 g/mol. The Bertz CT molecular complexity index is 1300. The number of carbonyl (C=O) groups is 1. The third-order valence-electron chi connectivity index (χ3n) is 4.26. The summed E-state index contributed by atoms with van der Waals surface area (Å²) in [5.41, 5.74) is -0.00523. The minimum absolute atomic E-state index is 0.0262. The molecule has 0 aliphatic rings. The van der Waals surface area contributed by atoms with Crippen molar-refractivity contribution in [2.24, 2.45) is 0 Å². The van der Waals surface area contributed by atoms with Crippen molar-refractivity contribution in [3.63, 3.8) is 0 Å². The first-order chi connectivity index (χ1) is 14.6. The van der Waals surface area contributed by atoms with E-state index in [-0.39, 0.29) is 32.5 Å². The molecule has 0 aromatic heterocycles. The fourth-order valence-electron chi connectivity index (χ4n) is 2.71. The third kappa shape index (κ3) is 4.98. The number of nitro groups is 1. The Morgan fingerprint density at radius 3 is 2.45 bits per heavy atom. The van der Waals surface area contributed by atoms with Gasteiger partial charge in [0.05, 0.1) is 26.1 Å². The number of anilines is 2. The molecule has 0 spiro atoms. The van der Waals surface area contributed by atoms with Crippen LogP contribution in [0, 0.1) is 22.9 Å². The lowest BCUT2D eigenvalue weighted by molar-refractivity contribution is -0.384. The number of hydrogen-bond donors (Lipinski definition) is 2. The Kier molecular flexibility index (Phi) is 6.23. The molecule has 11 heteroatoms. The normalized spacial score (nSPS) is 11.1. The molecule has 0 unspecified atom stereocenters. The van der Waals surface area contributed by atoms with Crippen molar-refractivity contribution in [3.8, 4) is 0 Å². The highest BCUT2D eigenvalue weighted by molar-refractivity contribution is 7.92. The van der Waals surface area contributed by atoms with Gasteiger partial charge in [0.2, 0.25) is 0 Å². The summed E-state index contributed by atoms with van der Waals surface area (Å²) in [6.07, 6.45) is 0. The monoisotopic (exact) mass is 463 g/mol. The number of nitrogens with zero attached hydrogens (tertiary/aromatic N) is 1. The van der Waals surface area contributed by atoms with Gasteiger partial charge in [0.15, 0.2) is 0 Å². The smallest absolute Gasteiger partial charge is 0.270 e. The molecule has 3 rings (SSSR count). The van der Waals surface area contributed by atoms with E-state index in [0.29, 0.717) is 5.56 Å². The second-order valence-electron chi connectivity index (χ2n) is 6.44. The highest BCUT2D eigenvalue weighted by Gasteiger charge is 2.20. The van der Waals surface area contributed by atoms with Gasteiger partial charge in [0.1, 0.15) is 5.82 Å². The van der Waals surface area contributed by atoms with Crippen molar-refractivity contribution in [2.45, 2.75) is 11.8 Å². The molecule has 0 aliphatic heterocycles. The lowest BCUT2D eigenvalue weighted by Gasteiger charge is -2.13. The van der Waals surface area contributed by atoms with Crippen molar-refractivity contribution in [1.82, 2.24) is 0 Å². The van der Waals surface area contributed by atoms with Crippen molar-refractivity contribution in [2.75, 3.05) is 10.0 Å². The molecule has 2 N–H and O–H groups in total. The number of halogens is 2. The maximum atomic E-state index is 13.9. The van der Waals surface area contributed by atoms with Gasteiger partial charge in [-0.25, -0.2) is 12.8 Å². The zero-order chi connectivity index (χ0) is 22.8. The van der Waals surface area contributed by atoms with Crippen LogP contribution >= 0.6 is 11.6 Å². The fourth-order valence-corrected chi connectivity index (χ4v) is 4.31. The number of nitrogens with one attached hydrogen (secondary N) is 2. The van der Waals surface area contributed by atoms with Gasteiger partial charge >= 0.3 is 0 Å². The van der Waals surface area contributed by atoms with Crippen molar-refractivity contribution in [1.29, 1.82) is 0 Å². The van der Waals surface area contributed by atoms with Crippen LogP contribution in [0.15, 0.2) is 65.6 Å². The molecular formula is C20H15ClFN3O5S. The second-order valence-corrected chi connectivity index (χ2v) is 8.50. The number of carbonyl (C=O) groups excluding carboxylic acids is 1. The van der Waals surface area contributed by atoms with Gasteiger partial charge in [0, 0.05) is 17.8 Å². The van der Waals surface area contributed by atoms with Gasteiger partial charge in [-0.1, -0.05) is 29.8 Å². The first-order valence-electron chi connectivity index (χ1n) is 8.72. The van der Waals surface area contributed by atoms with E-state index in [1.165, 1.54) is 42.5 Å². The minimum Gasteiger partial charge on any atom is -0.322 e. The van der Waals surface area contributed by atoms with Gasteiger partial charge in [-0.3, -0.25) is 19.6 Å². The summed E-state index contributed by atoms with van der Waals surface area (Å²) in [6, 6.07) is 12.9. The Labute approximate surface area is 181 Å². The molecule has 0 radical (unpaired) electrons. The van der Waals surface area contributed by atoms with E-state index in [1.807, 2.05) is 0 Å². The highest BCUT2D eigenvalue weighted by atomic mass is 35.5. The molecule has 31 heavy (non-hydrogen) atoms. The Morgan fingerprint density at radius 2 is 1.81 bits per heavy atom. The van der Waals surface area contributed by atoms with Crippen molar-refractivity contribution in [3.05, 3.63) is 92.7 Å². The molecule has 0 fully saturated rings. The molecule has 3 aromatic rings. The Morgan fingerprint density at radius 1 is 1.10 bits per heavy atom. The van der Waals surface area contributed by atoms with Gasteiger partial charge in [-0.2, -0.15) is 0 Å². The van der Waals surface area contributed by atoms with E-state index in [2.05, 4.69) is 10.0 Å². The number of benzene rings is 3. The fraction of sp³-hybridized carbons (Fsp3) is 0.0500. The lowest BCUT2D eigenvalue weighted by Crippen LogP contribution is -2.17. The zero-order valence-electron chi connectivity index (χ0n) is 15.9. The average molecular weight is 464 g/mol. The minimum atomic E-state index is -4.16. The number of amides is 1. The van der Waals surface area contributed by atoms with Gasteiger partial charge < -0.3 is 5.32 Å². The number of nitro benzene ring substituents is 1. The summed E-state index contributed by atoms with van der Waals surface area (Å²) in [5.74, 6) is -1.42. The Balaban J connectivity index is 1.88. The molecule has 0 atom stereocenters. The highest BCUT2D eigenvalue weighted by Crippen LogP contribution is 2.26. The zero-order valence-corrected chi connectivity index (χ0v) is 17.5. The quantitative estimate of drug-likeness (QED) is 0.404. The molecule has 8 nitrogen and oxygen atoms in total. The summed E-state index contributed by atoms with van der Waals surface area (Å²) in [5, 5.41) is 13.2. The predicted molar refractivity (Wildman–Crippen MR) is 114 cm³/mol. The van der Waals surface area contributed by atoms with E-state index >= 15 is 0 Å². The third-order valence-corrected chi connectivity index (χ3v) is 6.08. The SMILES string of the molecule is Cc1ccc(NC(=O)c2ccc([N+](=O)[O-])cc2Cl)cc1S(=O)(=O)Nc1ccccc1F. The van der Waals surface area contributed by atoms with Crippen LogP contribution in [0.1, 0.15) is 15.9 Å². The lowest BCUT2D eigenvalue weighted by atomic mass is 10.1. The van der Waals surface area contributed by atoms with Crippen molar-refractivity contribution < 1.29 is 22.5 Å². The van der Waals surface area contributed by atoms with Gasteiger partial charge in [0.25, 0.3) is 21.6 Å². The molecule has 0 heterocycles. The van der Waals surface area contributed by atoms with Crippen LogP contribution in [0.4, 0.5) is 21.5 Å². The number of rotatable bonds is 6. The van der Waals surface area contributed by atoms with Crippen LogP contribution in [-0.4, -0.2) is 19.2 Å². The number of aryl methyl sites for hydroxylation is 1. The topological polar surface area (TPSA) is 118 Å². The predicted octanol–water partition coefficient (Wildman–Crippen LogP) is 4.75. The Hall–Kier alpha value is -3.50. The van der Waals surface area contributed by atoms with E-state index in [4.69, 9.17) is 11.6 Å². The first-order valence-corrected chi connectivity index (χ1v) is 10.6. The van der Waals surface area contributed by atoms with Crippen LogP contribution < -0.4 is 10.0 Å². The van der Waals surface area contributed by atoms with E-state index < -0.39 is 26.7 Å². The molecule has 160 valence electrons. The van der Waals surface area contributed by atoms with E-state index in [0.717, 1.165) is 18.2 Å². The van der Waals surface area contributed by atoms with Crippen LogP contribution in [0.25, 0.3) is 0 Å². The summed E-state index contributed by atoms with van der Waals surface area (Å²) in [7, 11) is -4.16. The van der Waals surface area contributed by atoms with Crippen LogP contribution in [-0.2, 0) is 10.0 Å². The number of para-hydroxylation sites is 1. The average Bonchev–Trinajstić information content (AvgIpc) is 2.70. The molecule has 3 aromatic carbocycles. The van der Waals surface area contributed by atoms with E-state index in [9.17, 15) is 27.7 Å². The summed E-state index contributed by atoms with van der Waals surface area (Å²) in [6.45, 7) is 1.55. The molecule has 1 amide bonds. The van der Waals surface area contributed by atoms with E-state index in [1.54, 1.807) is 6.92 Å².